The third-order valence-corrected chi connectivity index (χ3v) is 7.95. The molecule has 2 atom stereocenters. The highest BCUT2D eigenvalue weighted by molar-refractivity contribution is 5.70. The van der Waals surface area contributed by atoms with Gasteiger partial charge >= 0.3 is 12.1 Å². The molecule has 1 spiro atoms. The van der Waals surface area contributed by atoms with Gasteiger partial charge in [0.05, 0.1) is 23.4 Å². The van der Waals surface area contributed by atoms with Crippen LogP contribution >= 0.6 is 0 Å². The third kappa shape index (κ3) is 4.83. The molecule has 188 valence electrons. The van der Waals surface area contributed by atoms with Gasteiger partial charge in [-0.2, -0.15) is 0 Å². The van der Waals surface area contributed by atoms with Crippen LogP contribution in [0.2, 0.25) is 0 Å². The lowest BCUT2D eigenvalue weighted by Crippen LogP contribution is -2.46. The van der Waals surface area contributed by atoms with Crippen molar-refractivity contribution in [2.24, 2.45) is 18.4 Å². The van der Waals surface area contributed by atoms with E-state index in [4.69, 9.17) is 9.47 Å². The minimum atomic E-state index is -0.759. The van der Waals surface area contributed by atoms with E-state index < -0.39 is 5.97 Å². The lowest BCUT2D eigenvalue weighted by Gasteiger charge is -2.41. The number of nitrogens with zero attached hydrogens (tertiary/aromatic N) is 5. The average molecular weight is 484 g/mol. The molecular formula is C25H33N5O5. The number of pyridine rings is 1. The largest absolute Gasteiger partial charge is 0.489 e. The number of hydrogen-bond donors (Lipinski definition) is 1. The number of rotatable bonds is 7. The van der Waals surface area contributed by atoms with Gasteiger partial charge in [-0.3, -0.25) is 4.79 Å². The first kappa shape index (κ1) is 23.6. The molecule has 2 heterocycles. The van der Waals surface area contributed by atoms with E-state index in [0.29, 0.717) is 46.8 Å². The van der Waals surface area contributed by atoms with Crippen molar-refractivity contribution in [3.63, 3.8) is 0 Å². The Labute approximate surface area is 204 Å². The highest BCUT2D eigenvalue weighted by atomic mass is 16.6. The second-order valence-corrected chi connectivity index (χ2v) is 10.5. The molecule has 5 rings (SSSR count). The number of aliphatic carboxylic acids is 1. The number of amides is 1. The van der Waals surface area contributed by atoms with Crippen molar-refractivity contribution in [3.05, 3.63) is 23.5 Å². The summed E-state index contributed by atoms with van der Waals surface area (Å²) in [5.74, 6) is -0.480. The summed E-state index contributed by atoms with van der Waals surface area (Å²) in [4.78, 5) is 30.3. The molecule has 1 N–H and O–H groups in total. The van der Waals surface area contributed by atoms with Crippen molar-refractivity contribution in [2.75, 3.05) is 7.05 Å². The van der Waals surface area contributed by atoms with Crippen molar-refractivity contribution in [1.29, 1.82) is 0 Å². The fourth-order valence-corrected chi connectivity index (χ4v) is 5.38. The standard InChI is InChI=1S/C25H33N5O5/c1-15-21(35-18-6-4-5-16(11-18)23(31)32)8-7-19(26-15)22-20(30(3)28-27-22)14-34-24(33)29(2)17-12-25(13-17)9-10-25/h7-8,16-18H,4-6,9-14H2,1-3H3,(H,31,32)/t16-,18-/m0/s1. The molecule has 10 heteroatoms. The minimum Gasteiger partial charge on any atom is -0.489 e. The maximum Gasteiger partial charge on any atom is 0.410 e. The molecule has 0 aliphatic heterocycles. The Morgan fingerprint density at radius 1 is 1.26 bits per heavy atom. The van der Waals surface area contributed by atoms with E-state index in [9.17, 15) is 14.7 Å². The quantitative estimate of drug-likeness (QED) is 0.633. The van der Waals surface area contributed by atoms with Crippen LogP contribution in [0.15, 0.2) is 12.1 Å². The minimum absolute atomic E-state index is 0.0531. The fourth-order valence-electron chi connectivity index (χ4n) is 5.38. The summed E-state index contributed by atoms with van der Waals surface area (Å²) >= 11 is 0. The molecule has 0 saturated heterocycles. The molecule has 1 amide bonds. The van der Waals surface area contributed by atoms with Gasteiger partial charge in [-0.25, -0.2) is 14.5 Å². The summed E-state index contributed by atoms with van der Waals surface area (Å²) in [6.45, 7) is 1.91. The Bertz CT molecular complexity index is 1120. The van der Waals surface area contributed by atoms with Crippen LogP contribution in [0.3, 0.4) is 0 Å². The number of carboxylic acid groups (broad SMARTS) is 1. The molecule has 0 radical (unpaired) electrons. The number of carbonyl (C=O) groups is 2. The van der Waals surface area contributed by atoms with Crippen LogP contribution in [-0.4, -0.2) is 61.2 Å². The molecule has 10 nitrogen and oxygen atoms in total. The second-order valence-electron chi connectivity index (χ2n) is 10.5. The monoisotopic (exact) mass is 483 g/mol. The highest BCUT2D eigenvalue weighted by Crippen LogP contribution is 2.61. The maximum absolute atomic E-state index is 12.6. The normalized spacial score (nSPS) is 22.9. The first-order valence-electron chi connectivity index (χ1n) is 12.4. The molecule has 35 heavy (non-hydrogen) atoms. The number of ether oxygens (including phenoxy) is 2. The van der Waals surface area contributed by atoms with Crippen LogP contribution in [0.1, 0.15) is 62.8 Å². The summed E-state index contributed by atoms with van der Waals surface area (Å²) in [6, 6.07) is 3.91. The Hall–Kier alpha value is -3.17. The van der Waals surface area contributed by atoms with Gasteiger partial charge in [-0.1, -0.05) is 5.21 Å². The lowest BCUT2D eigenvalue weighted by molar-refractivity contribution is -0.143. The van der Waals surface area contributed by atoms with Gasteiger partial charge in [-0.15, -0.1) is 5.10 Å². The van der Waals surface area contributed by atoms with Crippen LogP contribution in [0, 0.1) is 18.3 Å². The first-order chi connectivity index (χ1) is 16.7. The highest BCUT2D eigenvalue weighted by Gasteiger charge is 2.54. The summed E-state index contributed by atoms with van der Waals surface area (Å²) in [5.41, 5.74) is 3.04. The van der Waals surface area contributed by atoms with Crippen molar-refractivity contribution < 1.29 is 24.2 Å². The Balaban J connectivity index is 1.23. The number of carboxylic acids is 1. The van der Waals surface area contributed by atoms with E-state index in [-0.39, 0.29) is 30.8 Å². The SMILES string of the molecule is Cc1nc(-c2nnn(C)c2COC(=O)N(C)C2CC3(CC3)C2)ccc1O[C@H]1CCC[C@H](C(=O)O)C1. The first-order valence-corrected chi connectivity index (χ1v) is 12.4. The van der Waals surface area contributed by atoms with E-state index in [1.807, 2.05) is 19.1 Å². The Kier molecular flexibility index (Phi) is 6.14. The van der Waals surface area contributed by atoms with Crippen LogP contribution in [0.5, 0.6) is 5.75 Å². The van der Waals surface area contributed by atoms with Crippen LogP contribution in [-0.2, 0) is 23.2 Å². The Morgan fingerprint density at radius 2 is 2.03 bits per heavy atom. The third-order valence-electron chi connectivity index (χ3n) is 7.95. The van der Waals surface area contributed by atoms with E-state index in [0.717, 1.165) is 25.7 Å². The van der Waals surface area contributed by atoms with E-state index in [2.05, 4.69) is 15.3 Å². The molecule has 3 saturated carbocycles. The van der Waals surface area contributed by atoms with Gasteiger partial charge in [0, 0.05) is 20.1 Å². The summed E-state index contributed by atoms with van der Waals surface area (Å²) in [7, 11) is 3.57. The molecule has 0 aromatic carbocycles. The van der Waals surface area contributed by atoms with Crippen molar-refractivity contribution in [3.8, 4) is 17.1 Å². The zero-order valence-corrected chi connectivity index (χ0v) is 20.6. The van der Waals surface area contributed by atoms with E-state index in [1.54, 1.807) is 23.7 Å². The number of carbonyl (C=O) groups excluding carboxylic acids is 1. The van der Waals surface area contributed by atoms with E-state index >= 15 is 0 Å². The van der Waals surface area contributed by atoms with Gasteiger partial charge in [0.15, 0.2) is 0 Å². The molecule has 0 bridgehead atoms. The van der Waals surface area contributed by atoms with E-state index in [1.165, 1.54) is 12.8 Å². The smallest absolute Gasteiger partial charge is 0.410 e. The molecule has 3 aliphatic rings. The number of hydrogen-bond acceptors (Lipinski definition) is 7. The van der Waals surface area contributed by atoms with Gasteiger partial charge in [0.2, 0.25) is 0 Å². The maximum atomic E-state index is 12.6. The van der Waals surface area contributed by atoms with Crippen LogP contribution in [0.4, 0.5) is 4.79 Å². The summed E-state index contributed by atoms with van der Waals surface area (Å²) < 4.78 is 13.3. The van der Waals surface area contributed by atoms with Gasteiger partial charge < -0.3 is 19.5 Å². The van der Waals surface area contributed by atoms with Crippen molar-refractivity contribution in [1.82, 2.24) is 24.9 Å². The molecule has 2 aromatic rings. The number of aromatic nitrogens is 4. The predicted octanol–water partition coefficient (Wildman–Crippen LogP) is 3.72. The van der Waals surface area contributed by atoms with Crippen molar-refractivity contribution >= 4 is 12.1 Å². The van der Waals surface area contributed by atoms with Crippen LogP contribution < -0.4 is 4.74 Å². The van der Waals surface area contributed by atoms with Crippen molar-refractivity contribution in [2.45, 2.75) is 77.0 Å². The van der Waals surface area contributed by atoms with Gasteiger partial charge in [0.25, 0.3) is 0 Å². The average Bonchev–Trinajstić information content (AvgIpc) is 3.54. The van der Waals surface area contributed by atoms with Gasteiger partial charge in [0.1, 0.15) is 23.7 Å². The summed E-state index contributed by atoms with van der Waals surface area (Å²) in [6.07, 6.45) is 7.13. The zero-order chi connectivity index (χ0) is 24.7. The molecule has 3 aliphatic carbocycles. The lowest BCUT2D eigenvalue weighted by atomic mass is 9.76. The topological polar surface area (TPSA) is 120 Å². The molecule has 2 aromatic heterocycles. The molecule has 3 fully saturated rings. The summed E-state index contributed by atoms with van der Waals surface area (Å²) in [5, 5.41) is 17.7. The fraction of sp³-hybridized carbons (Fsp3) is 0.640. The zero-order valence-electron chi connectivity index (χ0n) is 20.6. The molecule has 0 unspecified atom stereocenters. The van der Waals surface area contributed by atoms with Gasteiger partial charge in [-0.05, 0) is 75.8 Å². The van der Waals surface area contributed by atoms with Crippen LogP contribution in [0.25, 0.3) is 11.4 Å². The molecular weight excluding hydrogens is 450 g/mol. The second kappa shape index (κ2) is 9.13. The number of aryl methyl sites for hydroxylation is 2. The Morgan fingerprint density at radius 3 is 2.71 bits per heavy atom. The predicted molar refractivity (Wildman–Crippen MR) is 126 cm³/mol.